The molecule has 0 aromatic rings. The van der Waals surface area contributed by atoms with E-state index in [1.807, 2.05) is 0 Å². The third-order valence-electron chi connectivity index (χ3n) is 0. The molecule has 0 radical (unpaired) electrons. The van der Waals surface area contributed by atoms with Crippen LogP contribution in [0.4, 0.5) is 0 Å². The van der Waals surface area contributed by atoms with Gasteiger partial charge in [0.1, 0.15) is 0 Å². The van der Waals surface area contributed by atoms with Crippen LogP contribution in [-0.2, 0) is 10.4 Å². The highest BCUT2D eigenvalue weighted by Gasteiger charge is 1.84. The molecule has 0 fully saturated rings. The molecular formula is H5AlO5S. The first-order valence-electron chi connectivity index (χ1n) is 1.15. The molecule has 0 aromatic heterocycles. The second kappa shape index (κ2) is 4.52. The average molecular weight is 144 g/mol. The molecule has 0 unspecified atom stereocenters. The van der Waals surface area contributed by atoms with Gasteiger partial charge in [0.05, 0.1) is 0 Å². The average Bonchev–Trinajstić information content (AvgIpc) is 1.36. The van der Waals surface area contributed by atoms with Crippen molar-refractivity contribution in [2.45, 2.75) is 0 Å². The van der Waals surface area contributed by atoms with Crippen molar-refractivity contribution in [1.29, 1.82) is 0 Å². The predicted octanol–water partition coefficient (Wildman–Crippen LogP) is -2.13. The zero-order valence-electron chi connectivity index (χ0n) is 3.57. The van der Waals surface area contributed by atoms with Gasteiger partial charge in [-0.25, -0.2) is 0 Å². The Balaban J connectivity index is 0. The topological polar surface area (TPSA) is 94.8 Å². The quantitative estimate of drug-likeness (QED) is 0.267. The molecule has 0 aliphatic heterocycles. The van der Waals surface area contributed by atoms with E-state index in [0.29, 0.717) is 16.6 Å². The summed E-state index contributed by atoms with van der Waals surface area (Å²) in [6.07, 6.45) is 0. The fraction of sp³-hybridized carbons (Fsp3) is 0. The third kappa shape index (κ3) is 922. The molecule has 0 aliphatic carbocycles. The van der Waals surface area contributed by atoms with Gasteiger partial charge >= 0.3 is 27.0 Å². The lowest BCUT2D eigenvalue weighted by molar-refractivity contribution is 0.381. The van der Waals surface area contributed by atoms with Gasteiger partial charge in [-0.1, -0.05) is 0 Å². The van der Waals surface area contributed by atoms with Crippen LogP contribution in [-0.4, -0.2) is 38.3 Å². The minimum atomic E-state index is -4.67. The van der Waals surface area contributed by atoms with E-state index in [2.05, 4.69) is 0 Å². The van der Waals surface area contributed by atoms with Gasteiger partial charge in [0.15, 0.2) is 0 Å². The molecule has 0 atom stereocenters. The van der Waals surface area contributed by atoms with Gasteiger partial charge in [0.25, 0.3) is 0 Å². The molecule has 7 heavy (non-hydrogen) atoms. The van der Waals surface area contributed by atoms with E-state index in [1.165, 1.54) is 0 Å². The summed E-state index contributed by atoms with van der Waals surface area (Å²) in [7, 11) is -4.67. The van der Waals surface area contributed by atoms with Gasteiger partial charge in [-0.15, -0.1) is 0 Å². The van der Waals surface area contributed by atoms with Crippen LogP contribution in [0.5, 0.6) is 0 Å². The summed E-state index contributed by atoms with van der Waals surface area (Å²) in [6.45, 7) is 0. The first-order valence-corrected chi connectivity index (χ1v) is 3.44. The molecule has 0 aromatic carbocycles. The summed E-state index contributed by atoms with van der Waals surface area (Å²) >= 11 is 0.306. The van der Waals surface area contributed by atoms with Crippen molar-refractivity contribution in [1.82, 2.24) is 0 Å². The summed E-state index contributed by atoms with van der Waals surface area (Å²) < 4.78 is 38.7. The Bertz CT molecular complexity index is 91.2. The van der Waals surface area contributed by atoms with E-state index in [4.69, 9.17) is 21.7 Å². The summed E-state index contributed by atoms with van der Waals surface area (Å²) in [6, 6.07) is 0. The number of rotatable bonds is 0. The largest absolute Gasteiger partial charge is 0.521 e. The van der Waals surface area contributed by atoms with Crippen LogP contribution in [0.3, 0.4) is 0 Å². The van der Waals surface area contributed by atoms with Crippen molar-refractivity contribution in [3.63, 3.8) is 0 Å². The van der Waals surface area contributed by atoms with Crippen LogP contribution < -0.4 is 0 Å². The van der Waals surface area contributed by atoms with E-state index in [0.717, 1.165) is 0 Å². The zero-order chi connectivity index (χ0) is 6.50. The lowest BCUT2D eigenvalue weighted by atomic mass is 15.8. The summed E-state index contributed by atoms with van der Waals surface area (Å²) in [5.74, 6) is 0. The lowest BCUT2D eigenvalue weighted by Gasteiger charge is -1.68. The van der Waals surface area contributed by atoms with Crippen molar-refractivity contribution in [2.24, 2.45) is 0 Å². The molecule has 0 bridgehead atoms. The fourth-order valence-electron chi connectivity index (χ4n) is 0. The molecule has 0 rings (SSSR count). The normalized spacial score (nSPS) is 9.00. The van der Waals surface area contributed by atoms with Crippen LogP contribution in [0.25, 0.3) is 0 Å². The molecule has 0 aliphatic rings. The second-order valence-corrected chi connectivity index (χ2v) is 1.34. The molecule has 3 N–H and O–H groups in total. The van der Waals surface area contributed by atoms with Gasteiger partial charge in [0.2, 0.25) is 0 Å². The maximum absolute atomic E-state index is 8.74. The van der Waals surface area contributed by atoms with Crippen LogP contribution in [0.2, 0.25) is 0 Å². The van der Waals surface area contributed by atoms with Crippen molar-refractivity contribution < 1.29 is 21.7 Å². The van der Waals surface area contributed by atoms with Crippen LogP contribution >= 0.6 is 0 Å². The van der Waals surface area contributed by atoms with Gasteiger partial charge in [-0.3, -0.25) is 9.11 Å². The van der Waals surface area contributed by atoms with Gasteiger partial charge < -0.3 is 4.16 Å². The van der Waals surface area contributed by atoms with Crippen molar-refractivity contribution in [3.8, 4) is 0 Å². The van der Waals surface area contributed by atoms with E-state index in [1.54, 1.807) is 0 Å². The summed E-state index contributed by atoms with van der Waals surface area (Å²) in [4.78, 5) is 0. The highest BCUT2D eigenvalue weighted by atomic mass is 32.3. The molecule has 0 amide bonds. The van der Waals surface area contributed by atoms with Crippen LogP contribution in [0, 0.1) is 0 Å². The molecular weight excluding hydrogens is 139 g/mol. The SMILES string of the molecule is O=S(=O)(O)O.[OH][AlH2]. The van der Waals surface area contributed by atoms with Gasteiger partial charge in [0, 0.05) is 0 Å². The maximum atomic E-state index is 8.74. The Hall–Kier alpha value is 0.362. The second-order valence-electron chi connectivity index (χ2n) is 0.448. The lowest BCUT2D eigenvalue weighted by Crippen LogP contribution is -1.89. The molecule has 44 valence electrons. The molecule has 7 heteroatoms. The molecule has 0 heterocycles. The minimum absolute atomic E-state index is 0.306. The maximum Gasteiger partial charge on any atom is 0.407 e. The zero-order valence-corrected chi connectivity index (χ0v) is 6.38. The molecule has 0 saturated carbocycles. The molecule has 0 spiro atoms. The predicted molar refractivity (Wildman–Crippen MR) is 24.9 cm³/mol. The Morgan fingerprint density at radius 1 is 1.14 bits per heavy atom. The van der Waals surface area contributed by atoms with E-state index < -0.39 is 10.4 Å². The van der Waals surface area contributed by atoms with Gasteiger partial charge in [-0.2, -0.15) is 8.42 Å². The molecule has 0 saturated heterocycles. The van der Waals surface area contributed by atoms with E-state index in [9.17, 15) is 0 Å². The minimum Gasteiger partial charge on any atom is -0.521 e. The van der Waals surface area contributed by atoms with E-state index >= 15 is 0 Å². The highest BCUT2D eigenvalue weighted by molar-refractivity contribution is 7.79. The Kier molecular flexibility index (Phi) is 6.69. The first kappa shape index (κ1) is 10.4. The number of hydrogen-bond donors (Lipinski definition) is 3. The van der Waals surface area contributed by atoms with Crippen molar-refractivity contribution in [2.75, 3.05) is 0 Å². The summed E-state index contributed by atoms with van der Waals surface area (Å²) in [5, 5.41) is 0. The summed E-state index contributed by atoms with van der Waals surface area (Å²) in [5.41, 5.74) is 0. The monoisotopic (exact) mass is 144 g/mol. The van der Waals surface area contributed by atoms with Crippen molar-refractivity contribution in [3.05, 3.63) is 0 Å². The highest BCUT2D eigenvalue weighted by Crippen LogP contribution is 1.59. The first-order chi connectivity index (χ1) is 3.00. The fourth-order valence-corrected chi connectivity index (χ4v) is 0. The standard InChI is InChI=1S/Al.H2O4S.H2O.2H/c;1-5(2,3)4;;;/h;(H2,1,2,3,4);1H2;;/q+1;;;;/p-1. The Labute approximate surface area is 49.3 Å². The Morgan fingerprint density at radius 2 is 1.14 bits per heavy atom. The van der Waals surface area contributed by atoms with Crippen LogP contribution in [0.1, 0.15) is 0 Å². The molecule has 5 nitrogen and oxygen atoms in total. The van der Waals surface area contributed by atoms with E-state index in [-0.39, 0.29) is 0 Å². The van der Waals surface area contributed by atoms with Gasteiger partial charge in [-0.05, 0) is 0 Å². The number of hydrogen-bond acceptors (Lipinski definition) is 3. The third-order valence-corrected chi connectivity index (χ3v) is 0. The van der Waals surface area contributed by atoms with Crippen molar-refractivity contribution >= 4 is 27.0 Å². The van der Waals surface area contributed by atoms with Crippen LogP contribution in [0.15, 0.2) is 0 Å². The Morgan fingerprint density at radius 3 is 1.14 bits per heavy atom. The smallest absolute Gasteiger partial charge is 0.407 e.